The number of benzene rings is 1. The highest BCUT2D eigenvalue weighted by Crippen LogP contribution is 2.18. The van der Waals surface area contributed by atoms with Crippen LogP contribution in [0.1, 0.15) is 12.6 Å². The molecule has 0 spiro atoms. The number of halogens is 1. The maximum Gasteiger partial charge on any atom is 0.0843 e. The molecule has 4 heteroatoms. The van der Waals surface area contributed by atoms with Crippen LogP contribution in [0.15, 0.2) is 24.3 Å². The minimum Gasteiger partial charge on any atom is -0.299 e. The van der Waals surface area contributed by atoms with Gasteiger partial charge in [0.05, 0.1) is 11.2 Å². The van der Waals surface area contributed by atoms with Crippen molar-refractivity contribution < 1.29 is 0 Å². The highest BCUT2D eigenvalue weighted by atomic mass is 35.5. The fourth-order valence-electron chi connectivity index (χ4n) is 2.16. The van der Waals surface area contributed by atoms with Gasteiger partial charge in [0.1, 0.15) is 0 Å². The molecule has 1 aromatic carbocycles. The fraction of sp³-hybridized carbons (Fsp3) is 0.462. The summed E-state index contributed by atoms with van der Waals surface area (Å²) in [6.07, 6.45) is 0. The first kappa shape index (κ1) is 12.4. The van der Waals surface area contributed by atoms with Crippen LogP contribution in [0, 0.1) is 0 Å². The van der Waals surface area contributed by atoms with E-state index in [2.05, 4.69) is 35.2 Å². The zero-order valence-electron chi connectivity index (χ0n) is 10.5. The Bertz CT molecular complexity index is 504. The quantitative estimate of drug-likeness (QED) is 0.779. The predicted molar refractivity (Wildman–Crippen MR) is 72.4 cm³/mol. The second kappa shape index (κ2) is 5.07. The number of fused-ring (bicyclic) bond motifs is 1. The van der Waals surface area contributed by atoms with Crippen molar-refractivity contribution in [1.29, 1.82) is 0 Å². The normalized spacial score (nSPS) is 13.5. The van der Waals surface area contributed by atoms with E-state index in [1.807, 2.05) is 24.7 Å². The van der Waals surface area contributed by atoms with Crippen molar-refractivity contribution in [3.8, 4) is 0 Å². The standard InChI is InChI=1S/C13H18ClN3/c1-10(14)8-16(2)9-12-11-6-4-5-7-13(11)17(3)15-12/h4-7,10H,8-9H2,1-3H3. The second-order valence-corrected chi connectivity index (χ2v) is 5.31. The van der Waals surface area contributed by atoms with E-state index in [4.69, 9.17) is 11.6 Å². The van der Waals surface area contributed by atoms with Crippen molar-refractivity contribution in [2.75, 3.05) is 13.6 Å². The molecule has 1 heterocycles. The van der Waals surface area contributed by atoms with Crippen LogP contribution >= 0.6 is 11.6 Å². The Morgan fingerprint density at radius 1 is 1.41 bits per heavy atom. The molecule has 0 bridgehead atoms. The summed E-state index contributed by atoms with van der Waals surface area (Å²) in [5, 5.41) is 5.96. The highest BCUT2D eigenvalue weighted by Gasteiger charge is 2.11. The molecule has 1 unspecified atom stereocenters. The first-order chi connectivity index (χ1) is 8.08. The Morgan fingerprint density at radius 3 is 2.82 bits per heavy atom. The number of rotatable bonds is 4. The van der Waals surface area contributed by atoms with E-state index in [9.17, 15) is 0 Å². The zero-order valence-corrected chi connectivity index (χ0v) is 11.3. The van der Waals surface area contributed by atoms with Gasteiger partial charge in [-0.15, -0.1) is 11.6 Å². The van der Waals surface area contributed by atoms with Gasteiger partial charge in [-0.05, 0) is 20.0 Å². The van der Waals surface area contributed by atoms with E-state index in [1.165, 1.54) is 10.9 Å². The average Bonchev–Trinajstić information content (AvgIpc) is 2.55. The van der Waals surface area contributed by atoms with E-state index in [0.29, 0.717) is 0 Å². The summed E-state index contributed by atoms with van der Waals surface area (Å²) in [6.45, 7) is 3.71. The highest BCUT2D eigenvalue weighted by molar-refractivity contribution is 6.20. The van der Waals surface area contributed by atoms with Gasteiger partial charge in [-0.2, -0.15) is 5.10 Å². The lowest BCUT2D eigenvalue weighted by Crippen LogP contribution is -2.24. The van der Waals surface area contributed by atoms with Crippen LogP contribution in [0.2, 0.25) is 0 Å². The summed E-state index contributed by atoms with van der Waals surface area (Å²) in [6, 6.07) is 8.31. The van der Waals surface area contributed by atoms with Gasteiger partial charge in [-0.1, -0.05) is 18.2 Å². The first-order valence-electron chi connectivity index (χ1n) is 5.81. The molecule has 0 aliphatic rings. The number of hydrogen-bond donors (Lipinski definition) is 0. The second-order valence-electron chi connectivity index (χ2n) is 4.56. The Labute approximate surface area is 107 Å². The van der Waals surface area contributed by atoms with Crippen LogP contribution in [0.25, 0.3) is 10.9 Å². The molecule has 0 aliphatic carbocycles. The molecule has 92 valence electrons. The van der Waals surface area contributed by atoms with E-state index in [-0.39, 0.29) is 5.38 Å². The van der Waals surface area contributed by atoms with E-state index in [1.54, 1.807) is 0 Å². The molecule has 0 radical (unpaired) electrons. The molecule has 2 rings (SSSR count). The third-order valence-corrected chi connectivity index (χ3v) is 2.96. The molecule has 3 nitrogen and oxygen atoms in total. The van der Waals surface area contributed by atoms with Crippen LogP contribution < -0.4 is 0 Å². The smallest absolute Gasteiger partial charge is 0.0843 e. The first-order valence-corrected chi connectivity index (χ1v) is 6.25. The SMILES string of the molecule is CC(Cl)CN(C)Cc1nn(C)c2ccccc12. The summed E-state index contributed by atoms with van der Waals surface area (Å²) in [5.41, 5.74) is 2.29. The van der Waals surface area contributed by atoms with Crippen LogP contribution in [0.4, 0.5) is 0 Å². The summed E-state index contributed by atoms with van der Waals surface area (Å²) in [5.74, 6) is 0. The molecule has 0 saturated carbocycles. The average molecular weight is 252 g/mol. The van der Waals surface area contributed by atoms with Crippen molar-refractivity contribution in [1.82, 2.24) is 14.7 Å². The molecule has 0 fully saturated rings. The molecular weight excluding hydrogens is 234 g/mol. The Hall–Kier alpha value is -1.06. The largest absolute Gasteiger partial charge is 0.299 e. The summed E-state index contributed by atoms with van der Waals surface area (Å²) in [7, 11) is 4.05. The third kappa shape index (κ3) is 2.79. The molecule has 17 heavy (non-hydrogen) atoms. The summed E-state index contributed by atoms with van der Waals surface area (Å²) in [4.78, 5) is 2.20. The van der Waals surface area contributed by atoms with Crippen molar-refractivity contribution in [3.05, 3.63) is 30.0 Å². The molecule has 1 aromatic heterocycles. The van der Waals surface area contributed by atoms with Crippen LogP contribution in [0.3, 0.4) is 0 Å². The van der Waals surface area contributed by atoms with Crippen molar-refractivity contribution in [2.24, 2.45) is 7.05 Å². The lowest BCUT2D eigenvalue weighted by atomic mass is 10.2. The number of aryl methyl sites for hydroxylation is 1. The summed E-state index contributed by atoms with van der Waals surface area (Å²) >= 11 is 6.00. The molecular formula is C13H18ClN3. The number of aromatic nitrogens is 2. The zero-order chi connectivity index (χ0) is 12.4. The maximum absolute atomic E-state index is 6.00. The molecule has 0 saturated heterocycles. The van der Waals surface area contributed by atoms with E-state index in [0.717, 1.165) is 18.8 Å². The number of para-hydroxylation sites is 1. The summed E-state index contributed by atoms with van der Waals surface area (Å²) < 4.78 is 1.93. The molecule has 0 amide bonds. The van der Waals surface area contributed by atoms with Gasteiger partial charge >= 0.3 is 0 Å². The third-order valence-electron chi connectivity index (χ3n) is 2.82. The minimum atomic E-state index is 0.162. The molecule has 2 aromatic rings. The van der Waals surface area contributed by atoms with E-state index < -0.39 is 0 Å². The van der Waals surface area contributed by atoms with Gasteiger partial charge in [-0.25, -0.2) is 0 Å². The van der Waals surface area contributed by atoms with Gasteiger partial charge in [0, 0.05) is 30.9 Å². The Balaban J connectivity index is 2.24. The lowest BCUT2D eigenvalue weighted by molar-refractivity contribution is 0.326. The number of nitrogens with zero attached hydrogens (tertiary/aromatic N) is 3. The van der Waals surface area contributed by atoms with Gasteiger partial charge in [0.15, 0.2) is 0 Å². The minimum absolute atomic E-state index is 0.162. The van der Waals surface area contributed by atoms with Gasteiger partial charge in [-0.3, -0.25) is 9.58 Å². The molecule has 0 aliphatic heterocycles. The van der Waals surface area contributed by atoms with E-state index >= 15 is 0 Å². The van der Waals surface area contributed by atoms with Crippen LogP contribution in [-0.2, 0) is 13.6 Å². The molecule has 1 atom stereocenters. The number of alkyl halides is 1. The lowest BCUT2D eigenvalue weighted by Gasteiger charge is -2.16. The van der Waals surface area contributed by atoms with Crippen molar-refractivity contribution in [3.63, 3.8) is 0 Å². The Kier molecular flexibility index (Phi) is 3.69. The fourth-order valence-corrected chi connectivity index (χ4v) is 2.39. The molecule has 0 N–H and O–H groups in total. The van der Waals surface area contributed by atoms with Gasteiger partial charge in [0.25, 0.3) is 0 Å². The van der Waals surface area contributed by atoms with Crippen molar-refractivity contribution in [2.45, 2.75) is 18.8 Å². The maximum atomic E-state index is 6.00. The van der Waals surface area contributed by atoms with Crippen molar-refractivity contribution >= 4 is 22.5 Å². The predicted octanol–water partition coefficient (Wildman–Crippen LogP) is 2.63. The van der Waals surface area contributed by atoms with Crippen LogP contribution in [0.5, 0.6) is 0 Å². The Morgan fingerprint density at radius 2 is 2.12 bits per heavy atom. The number of hydrogen-bond acceptors (Lipinski definition) is 2. The van der Waals surface area contributed by atoms with Crippen LogP contribution in [-0.4, -0.2) is 33.6 Å². The van der Waals surface area contributed by atoms with Gasteiger partial charge in [0.2, 0.25) is 0 Å². The van der Waals surface area contributed by atoms with Gasteiger partial charge < -0.3 is 0 Å². The topological polar surface area (TPSA) is 21.1 Å². The monoisotopic (exact) mass is 251 g/mol.